The number of carbonyl (C=O) groups excluding carboxylic acids is 3. The molecule has 11 nitrogen and oxygen atoms in total. The highest BCUT2D eigenvalue weighted by molar-refractivity contribution is 6.10. The lowest BCUT2D eigenvalue weighted by atomic mass is 9.92. The minimum Gasteiger partial charge on any atom is -0.383 e. The Morgan fingerprint density at radius 1 is 1.14 bits per heavy atom. The Balaban J connectivity index is 1.97. The number of anilines is 2. The number of imide groups is 1. The molecule has 1 saturated heterocycles. The highest BCUT2D eigenvalue weighted by atomic mass is 16.2. The van der Waals surface area contributed by atoms with Crippen molar-refractivity contribution in [2.45, 2.75) is 52.6 Å². The van der Waals surface area contributed by atoms with Crippen LogP contribution < -0.4 is 27.2 Å². The van der Waals surface area contributed by atoms with Crippen LogP contribution >= 0.6 is 0 Å². The van der Waals surface area contributed by atoms with E-state index in [-0.39, 0.29) is 30.5 Å². The van der Waals surface area contributed by atoms with Crippen LogP contribution in [0.3, 0.4) is 0 Å². The maximum Gasteiger partial charge on any atom is 0.330 e. The molecular weight excluding hydrogens is 452 g/mol. The van der Waals surface area contributed by atoms with Gasteiger partial charge in [-0.05, 0) is 24.8 Å². The normalized spacial score (nSPS) is 17.7. The third kappa shape index (κ3) is 4.98. The first kappa shape index (κ1) is 25.7. The summed E-state index contributed by atoms with van der Waals surface area (Å²) in [5, 5.41) is 2.66. The fraction of sp³-hybridized carbons (Fsp3) is 0.458. The predicted octanol–water partition coefficient (Wildman–Crippen LogP) is 1.38. The highest BCUT2D eigenvalue weighted by Gasteiger charge is 2.49. The number of unbranched alkanes of at least 4 members (excludes halogenated alkanes) is 1. The van der Waals surface area contributed by atoms with E-state index in [1.165, 1.54) is 4.57 Å². The van der Waals surface area contributed by atoms with Crippen molar-refractivity contribution in [3.8, 4) is 0 Å². The van der Waals surface area contributed by atoms with Gasteiger partial charge in [-0.25, -0.2) is 9.59 Å². The van der Waals surface area contributed by atoms with Crippen LogP contribution in [-0.2, 0) is 21.7 Å². The summed E-state index contributed by atoms with van der Waals surface area (Å²) in [5.74, 6) is -1.33. The monoisotopic (exact) mass is 484 g/mol. The number of amides is 4. The van der Waals surface area contributed by atoms with E-state index in [0.29, 0.717) is 18.4 Å². The molecule has 2 aromatic rings. The molecule has 1 aromatic carbocycles. The van der Waals surface area contributed by atoms with Crippen LogP contribution in [0.5, 0.6) is 0 Å². The Hall–Kier alpha value is -3.89. The Bertz CT molecular complexity index is 1240. The fourth-order valence-electron chi connectivity index (χ4n) is 4.09. The zero-order chi connectivity index (χ0) is 25.9. The summed E-state index contributed by atoms with van der Waals surface area (Å²) in [5.41, 5.74) is 3.84. The Morgan fingerprint density at radius 3 is 2.40 bits per heavy atom. The van der Waals surface area contributed by atoms with Crippen molar-refractivity contribution in [3.05, 3.63) is 56.7 Å². The topological polar surface area (TPSA) is 151 Å². The van der Waals surface area contributed by atoms with Gasteiger partial charge in [0.05, 0.1) is 0 Å². The Kier molecular flexibility index (Phi) is 7.47. The van der Waals surface area contributed by atoms with Gasteiger partial charge in [-0.2, -0.15) is 0 Å². The first-order valence-electron chi connectivity index (χ1n) is 11.6. The molecule has 35 heavy (non-hydrogen) atoms. The number of hydrogen-bond acceptors (Lipinski definition) is 6. The molecular formula is C24H32N6O5. The number of carbonyl (C=O) groups is 3. The minimum atomic E-state index is -1.33. The van der Waals surface area contributed by atoms with Gasteiger partial charge >= 0.3 is 11.7 Å². The molecule has 1 aromatic heterocycles. The molecule has 1 atom stereocenters. The molecule has 188 valence electrons. The molecule has 4 N–H and O–H groups in total. The van der Waals surface area contributed by atoms with Crippen LogP contribution in [0.2, 0.25) is 0 Å². The molecule has 0 spiro atoms. The fourth-order valence-corrected chi connectivity index (χ4v) is 4.09. The lowest BCUT2D eigenvalue weighted by Gasteiger charge is -2.26. The molecule has 3 rings (SSSR count). The second kappa shape index (κ2) is 10.2. The van der Waals surface area contributed by atoms with Gasteiger partial charge in [0.2, 0.25) is 5.91 Å². The van der Waals surface area contributed by atoms with Gasteiger partial charge < -0.3 is 16.0 Å². The van der Waals surface area contributed by atoms with Gasteiger partial charge in [0.1, 0.15) is 17.9 Å². The van der Waals surface area contributed by atoms with Crippen molar-refractivity contribution >= 4 is 29.4 Å². The summed E-state index contributed by atoms with van der Waals surface area (Å²) in [4.78, 5) is 68.7. The molecule has 0 saturated carbocycles. The third-order valence-corrected chi connectivity index (χ3v) is 5.99. The van der Waals surface area contributed by atoms with Crippen molar-refractivity contribution in [2.75, 3.05) is 23.7 Å². The van der Waals surface area contributed by atoms with Crippen LogP contribution in [0.15, 0.2) is 39.9 Å². The summed E-state index contributed by atoms with van der Waals surface area (Å²) in [6.45, 7) is 7.05. The SMILES string of the molecule is CCCCN(C(=O)CN1C(=O)N[C@](C)(c2ccccc2)C1=O)c1c(N)n(CC(C)C)c(=O)[nH]c1=O. The molecule has 0 aliphatic carbocycles. The number of benzene rings is 1. The number of nitrogens with zero attached hydrogens (tertiary/aromatic N) is 3. The van der Waals surface area contributed by atoms with Gasteiger partial charge in [-0.1, -0.05) is 57.5 Å². The van der Waals surface area contributed by atoms with Gasteiger partial charge in [0.15, 0.2) is 5.69 Å². The van der Waals surface area contributed by atoms with Gasteiger partial charge in [-0.15, -0.1) is 0 Å². The van der Waals surface area contributed by atoms with E-state index < -0.39 is 41.2 Å². The smallest absolute Gasteiger partial charge is 0.330 e. The van der Waals surface area contributed by atoms with Crippen LogP contribution in [0.25, 0.3) is 0 Å². The maximum absolute atomic E-state index is 13.4. The zero-order valence-electron chi connectivity index (χ0n) is 20.5. The van der Waals surface area contributed by atoms with Crippen LogP contribution in [0.4, 0.5) is 16.3 Å². The summed E-state index contributed by atoms with van der Waals surface area (Å²) in [7, 11) is 0. The summed E-state index contributed by atoms with van der Waals surface area (Å²) >= 11 is 0. The second-order valence-electron chi connectivity index (χ2n) is 9.21. The average molecular weight is 485 g/mol. The molecule has 2 heterocycles. The molecule has 0 unspecified atom stereocenters. The number of hydrogen-bond donors (Lipinski definition) is 3. The Morgan fingerprint density at radius 2 is 1.80 bits per heavy atom. The van der Waals surface area contributed by atoms with Crippen LogP contribution in [0.1, 0.15) is 46.1 Å². The van der Waals surface area contributed by atoms with E-state index in [1.54, 1.807) is 37.3 Å². The average Bonchev–Trinajstić information content (AvgIpc) is 3.02. The van der Waals surface area contributed by atoms with Crippen molar-refractivity contribution in [1.82, 2.24) is 19.8 Å². The van der Waals surface area contributed by atoms with Gasteiger partial charge in [0.25, 0.3) is 11.5 Å². The number of rotatable bonds is 9. The number of urea groups is 1. The van der Waals surface area contributed by atoms with Crippen molar-refractivity contribution in [1.29, 1.82) is 0 Å². The molecule has 0 bridgehead atoms. The Labute approximate surface area is 202 Å². The summed E-state index contributed by atoms with van der Waals surface area (Å²) < 4.78 is 1.22. The molecule has 0 radical (unpaired) electrons. The van der Waals surface area contributed by atoms with Gasteiger partial charge in [0, 0.05) is 13.1 Å². The maximum atomic E-state index is 13.4. The van der Waals surface area contributed by atoms with E-state index in [1.807, 2.05) is 20.8 Å². The van der Waals surface area contributed by atoms with E-state index in [4.69, 9.17) is 5.73 Å². The standard InChI is InChI=1S/C24H32N6O5/c1-5-6-12-28(18-19(25)29(13-15(2)3)22(34)26-20(18)32)17(31)14-30-21(33)24(4,27-23(30)35)16-10-8-7-9-11-16/h7-11,15H,5-6,12-14,25H2,1-4H3,(H,27,35)(H,26,32,34)/t24-/m1/s1. The third-order valence-electron chi connectivity index (χ3n) is 5.99. The first-order chi connectivity index (χ1) is 16.5. The van der Waals surface area contributed by atoms with E-state index in [2.05, 4.69) is 10.3 Å². The second-order valence-corrected chi connectivity index (χ2v) is 9.21. The first-order valence-corrected chi connectivity index (χ1v) is 11.6. The lowest BCUT2D eigenvalue weighted by Crippen LogP contribution is -2.47. The molecule has 1 aliphatic heterocycles. The highest BCUT2D eigenvalue weighted by Crippen LogP contribution is 2.29. The number of aromatic amines is 1. The molecule has 1 aliphatic rings. The van der Waals surface area contributed by atoms with Crippen LogP contribution in [-0.4, -0.2) is 45.4 Å². The quantitative estimate of drug-likeness (QED) is 0.458. The van der Waals surface area contributed by atoms with Crippen molar-refractivity contribution < 1.29 is 14.4 Å². The molecule has 1 fully saturated rings. The number of H-pyrrole nitrogens is 1. The number of nitrogens with one attached hydrogen (secondary N) is 2. The summed E-state index contributed by atoms with van der Waals surface area (Å²) in [6, 6.07) is 8.02. The number of nitrogens with two attached hydrogens (primary N) is 1. The number of nitrogen functional groups attached to an aromatic ring is 1. The van der Waals surface area contributed by atoms with Gasteiger partial charge in [-0.3, -0.25) is 28.8 Å². The molecule has 11 heteroatoms. The molecule has 4 amide bonds. The van der Waals surface area contributed by atoms with E-state index >= 15 is 0 Å². The number of aromatic nitrogens is 2. The zero-order valence-corrected chi connectivity index (χ0v) is 20.5. The predicted molar refractivity (Wildman–Crippen MR) is 132 cm³/mol. The van der Waals surface area contributed by atoms with Crippen molar-refractivity contribution in [2.24, 2.45) is 5.92 Å². The summed E-state index contributed by atoms with van der Waals surface area (Å²) in [6.07, 6.45) is 1.25. The lowest BCUT2D eigenvalue weighted by molar-refractivity contribution is -0.134. The van der Waals surface area contributed by atoms with E-state index in [0.717, 1.165) is 9.80 Å². The van der Waals surface area contributed by atoms with Crippen LogP contribution in [0, 0.1) is 5.92 Å². The van der Waals surface area contributed by atoms with Crippen molar-refractivity contribution in [3.63, 3.8) is 0 Å². The van der Waals surface area contributed by atoms with E-state index in [9.17, 15) is 24.0 Å². The minimum absolute atomic E-state index is 0.0510. The largest absolute Gasteiger partial charge is 0.383 e.